The fourth-order valence-electron chi connectivity index (χ4n) is 2.56. The Morgan fingerprint density at radius 2 is 2.06 bits per heavy atom. The molecule has 1 aliphatic carbocycles. The number of nitriles is 1. The van der Waals surface area contributed by atoms with E-state index in [1.807, 2.05) is 0 Å². The molecule has 0 aromatic heterocycles. The smallest absolute Gasteiger partial charge is 0.122 e. The number of nitrogens with one attached hydrogen (secondary N) is 1. The van der Waals surface area contributed by atoms with Crippen LogP contribution in [-0.2, 0) is 0 Å². The largest absolute Gasteiger partial charge is 0.300 e. The second-order valence-electron chi connectivity index (χ2n) is 5.61. The first kappa shape index (κ1) is 14.5. The molecule has 1 unspecified atom stereocenters. The van der Waals surface area contributed by atoms with Gasteiger partial charge in [-0.05, 0) is 37.8 Å². The summed E-state index contributed by atoms with van der Waals surface area (Å²) in [4.78, 5) is 2.41. The lowest BCUT2D eigenvalue weighted by atomic mass is 9.93. The van der Waals surface area contributed by atoms with Gasteiger partial charge in [0.25, 0.3) is 0 Å². The van der Waals surface area contributed by atoms with Crippen LogP contribution in [0, 0.1) is 23.2 Å². The molecule has 0 bridgehead atoms. The van der Waals surface area contributed by atoms with E-state index < -0.39 is 0 Å². The topological polar surface area (TPSA) is 39.1 Å². The molecule has 1 fully saturated rings. The summed E-state index contributed by atoms with van der Waals surface area (Å²) < 4.78 is 0. The Balaban J connectivity index is 2.67. The van der Waals surface area contributed by atoms with Gasteiger partial charge >= 0.3 is 0 Å². The highest BCUT2D eigenvalue weighted by molar-refractivity contribution is 5.16. The fourth-order valence-corrected chi connectivity index (χ4v) is 2.56. The molecule has 0 aliphatic heterocycles. The molecule has 0 spiro atoms. The Morgan fingerprint density at radius 1 is 1.41 bits per heavy atom. The predicted octanol–water partition coefficient (Wildman–Crippen LogP) is 2.25. The second kappa shape index (κ2) is 6.37. The van der Waals surface area contributed by atoms with Crippen molar-refractivity contribution in [1.29, 1.82) is 5.26 Å². The predicted molar refractivity (Wildman–Crippen MR) is 71.7 cm³/mol. The fraction of sp³-hybridized carbons (Fsp3) is 0.929. The van der Waals surface area contributed by atoms with Crippen LogP contribution in [-0.4, -0.2) is 36.6 Å². The van der Waals surface area contributed by atoms with Crippen molar-refractivity contribution in [3.63, 3.8) is 0 Å². The average molecular weight is 237 g/mol. The highest BCUT2D eigenvalue weighted by Gasteiger charge is 2.46. The summed E-state index contributed by atoms with van der Waals surface area (Å²) in [6, 6.07) is 2.56. The standard InChI is InChI=1S/C14H27N3/c1-5-16-14(10-15,13-7-8-13)11-17(6-2)9-12(3)4/h12-13,16H,5-9,11H2,1-4H3. The zero-order chi connectivity index (χ0) is 12.9. The summed E-state index contributed by atoms with van der Waals surface area (Å²) in [6.45, 7) is 12.6. The van der Waals surface area contributed by atoms with Crippen molar-refractivity contribution in [1.82, 2.24) is 10.2 Å². The van der Waals surface area contributed by atoms with Crippen molar-refractivity contribution in [3.05, 3.63) is 0 Å². The lowest BCUT2D eigenvalue weighted by molar-refractivity contribution is 0.187. The number of rotatable bonds is 8. The van der Waals surface area contributed by atoms with E-state index in [4.69, 9.17) is 0 Å². The van der Waals surface area contributed by atoms with E-state index in [1.54, 1.807) is 0 Å². The van der Waals surface area contributed by atoms with Crippen molar-refractivity contribution in [2.45, 2.75) is 46.1 Å². The molecular weight excluding hydrogens is 210 g/mol. The molecule has 1 aliphatic rings. The van der Waals surface area contributed by atoms with Crippen molar-refractivity contribution in [2.24, 2.45) is 11.8 Å². The first-order chi connectivity index (χ1) is 8.07. The van der Waals surface area contributed by atoms with Crippen LogP contribution >= 0.6 is 0 Å². The van der Waals surface area contributed by atoms with E-state index in [-0.39, 0.29) is 5.54 Å². The number of likely N-dealkylation sites (N-methyl/N-ethyl adjacent to an activating group) is 2. The normalized spacial score (nSPS) is 19.4. The van der Waals surface area contributed by atoms with Crippen molar-refractivity contribution < 1.29 is 0 Å². The highest BCUT2D eigenvalue weighted by Crippen LogP contribution is 2.40. The molecule has 0 aromatic carbocycles. The van der Waals surface area contributed by atoms with E-state index in [0.717, 1.165) is 26.2 Å². The van der Waals surface area contributed by atoms with E-state index in [2.05, 4.69) is 44.0 Å². The van der Waals surface area contributed by atoms with Crippen molar-refractivity contribution in [3.8, 4) is 6.07 Å². The Morgan fingerprint density at radius 3 is 2.41 bits per heavy atom. The highest BCUT2D eigenvalue weighted by atomic mass is 15.2. The second-order valence-corrected chi connectivity index (χ2v) is 5.61. The zero-order valence-corrected chi connectivity index (χ0v) is 11.8. The van der Waals surface area contributed by atoms with Gasteiger partial charge in [-0.1, -0.05) is 27.7 Å². The molecule has 3 heteroatoms. The minimum Gasteiger partial charge on any atom is -0.300 e. The third-order valence-corrected chi connectivity index (χ3v) is 3.51. The molecule has 0 radical (unpaired) electrons. The molecule has 17 heavy (non-hydrogen) atoms. The Labute approximate surface area is 106 Å². The molecule has 0 aromatic rings. The minimum absolute atomic E-state index is 0.306. The minimum atomic E-state index is -0.306. The first-order valence-electron chi connectivity index (χ1n) is 6.96. The number of hydrogen-bond acceptors (Lipinski definition) is 3. The maximum atomic E-state index is 9.56. The number of hydrogen-bond donors (Lipinski definition) is 1. The van der Waals surface area contributed by atoms with Crippen LogP contribution in [0.15, 0.2) is 0 Å². The van der Waals surface area contributed by atoms with Gasteiger partial charge < -0.3 is 4.90 Å². The van der Waals surface area contributed by atoms with Gasteiger partial charge in [-0.15, -0.1) is 0 Å². The van der Waals surface area contributed by atoms with Gasteiger partial charge in [-0.3, -0.25) is 5.32 Å². The van der Waals surface area contributed by atoms with E-state index in [1.165, 1.54) is 12.8 Å². The number of nitrogens with zero attached hydrogens (tertiary/aromatic N) is 2. The van der Waals surface area contributed by atoms with Crippen LogP contribution in [0.4, 0.5) is 0 Å². The van der Waals surface area contributed by atoms with Crippen LogP contribution in [0.5, 0.6) is 0 Å². The quantitative estimate of drug-likeness (QED) is 0.704. The maximum absolute atomic E-state index is 9.56. The molecule has 0 heterocycles. The monoisotopic (exact) mass is 237 g/mol. The van der Waals surface area contributed by atoms with Gasteiger partial charge in [-0.25, -0.2) is 0 Å². The van der Waals surface area contributed by atoms with E-state index in [9.17, 15) is 5.26 Å². The first-order valence-corrected chi connectivity index (χ1v) is 6.96. The molecule has 0 saturated heterocycles. The Kier molecular flexibility index (Phi) is 5.42. The van der Waals surface area contributed by atoms with Gasteiger partial charge in [0.1, 0.15) is 5.54 Å². The van der Waals surface area contributed by atoms with Crippen molar-refractivity contribution >= 4 is 0 Å². The van der Waals surface area contributed by atoms with E-state index >= 15 is 0 Å². The van der Waals surface area contributed by atoms with Crippen LogP contribution in [0.3, 0.4) is 0 Å². The van der Waals surface area contributed by atoms with Crippen LogP contribution in [0.25, 0.3) is 0 Å². The van der Waals surface area contributed by atoms with Gasteiger partial charge in [-0.2, -0.15) is 5.26 Å². The maximum Gasteiger partial charge on any atom is 0.122 e. The van der Waals surface area contributed by atoms with E-state index in [0.29, 0.717) is 11.8 Å². The molecule has 1 N–H and O–H groups in total. The average Bonchev–Trinajstić information content (AvgIpc) is 3.10. The Hall–Kier alpha value is -0.590. The summed E-state index contributed by atoms with van der Waals surface area (Å²) in [7, 11) is 0. The molecule has 98 valence electrons. The third kappa shape index (κ3) is 3.97. The molecule has 1 rings (SSSR count). The van der Waals surface area contributed by atoms with Crippen LogP contribution in [0.2, 0.25) is 0 Å². The lowest BCUT2D eigenvalue weighted by Gasteiger charge is -2.34. The summed E-state index contributed by atoms with van der Waals surface area (Å²) >= 11 is 0. The van der Waals surface area contributed by atoms with Crippen molar-refractivity contribution in [2.75, 3.05) is 26.2 Å². The van der Waals surface area contributed by atoms with Gasteiger partial charge in [0.2, 0.25) is 0 Å². The summed E-state index contributed by atoms with van der Waals surface area (Å²) in [5, 5.41) is 13.0. The molecule has 0 amide bonds. The third-order valence-electron chi connectivity index (χ3n) is 3.51. The van der Waals surface area contributed by atoms with Gasteiger partial charge in [0, 0.05) is 13.1 Å². The van der Waals surface area contributed by atoms with Gasteiger partial charge in [0.05, 0.1) is 6.07 Å². The molecule has 3 nitrogen and oxygen atoms in total. The summed E-state index contributed by atoms with van der Waals surface area (Å²) in [6.07, 6.45) is 2.42. The summed E-state index contributed by atoms with van der Waals surface area (Å²) in [5.74, 6) is 1.22. The lowest BCUT2D eigenvalue weighted by Crippen LogP contribution is -2.54. The molecule has 1 saturated carbocycles. The Bertz CT molecular complexity index is 265. The summed E-state index contributed by atoms with van der Waals surface area (Å²) in [5.41, 5.74) is -0.306. The van der Waals surface area contributed by atoms with Gasteiger partial charge in [0.15, 0.2) is 0 Å². The van der Waals surface area contributed by atoms with Crippen LogP contribution in [0.1, 0.15) is 40.5 Å². The SMILES string of the molecule is CCNC(C#N)(CN(CC)CC(C)C)C1CC1. The zero-order valence-electron chi connectivity index (χ0n) is 11.8. The van der Waals surface area contributed by atoms with Crippen LogP contribution < -0.4 is 5.32 Å². The molecular formula is C14H27N3. The molecule has 1 atom stereocenters.